The number of amides is 3. The zero-order chi connectivity index (χ0) is 14.7. The van der Waals surface area contributed by atoms with Gasteiger partial charge in [0.05, 0.1) is 5.75 Å². The lowest BCUT2D eigenvalue weighted by atomic mass is 10.2. The van der Waals surface area contributed by atoms with Crippen molar-refractivity contribution in [2.75, 3.05) is 5.75 Å². The molecule has 0 radical (unpaired) electrons. The first-order valence-electron chi connectivity index (χ1n) is 7.27. The molecule has 0 aliphatic heterocycles. The van der Waals surface area contributed by atoms with Crippen molar-refractivity contribution in [3.05, 3.63) is 5.89 Å². The fraction of sp³-hybridized carbons (Fsp3) is 0.692. The van der Waals surface area contributed by atoms with E-state index in [0.717, 1.165) is 50.3 Å². The molecule has 8 heteroatoms. The van der Waals surface area contributed by atoms with Gasteiger partial charge in [-0.05, 0) is 25.7 Å². The van der Waals surface area contributed by atoms with E-state index in [9.17, 15) is 9.59 Å². The summed E-state index contributed by atoms with van der Waals surface area (Å²) >= 11 is 1.15. The average Bonchev–Trinajstić information content (AvgIpc) is 2.98. The van der Waals surface area contributed by atoms with Crippen LogP contribution in [0.1, 0.15) is 50.3 Å². The Balaban J connectivity index is 1.37. The second kappa shape index (κ2) is 6.46. The normalized spacial score (nSPS) is 18.7. The monoisotopic (exact) mass is 310 g/mol. The Morgan fingerprint density at radius 2 is 1.95 bits per heavy atom. The summed E-state index contributed by atoms with van der Waals surface area (Å²) in [6, 6.07) is -0.223. The van der Waals surface area contributed by atoms with Gasteiger partial charge in [-0.25, -0.2) is 4.79 Å². The zero-order valence-electron chi connectivity index (χ0n) is 11.6. The van der Waals surface area contributed by atoms with Crippen LogP contribution >= 0.6 is 11.8 Å². The lowest BCUT2D eigenvalue weighted by molar-refractivity contribution is -0.117. The van der Waals surface area contributed by atoms with Gasteiger partial charge >= 0.3 is 6.03 Å². The molecule has 1 aromatic heterocycles. The Hall–Kier alpha value is -1.57. The number of urea groups is 1. The quantitative estimate of drug-likeness (QED) is 0.805. The molecule has 2 saturated carbocycles. The van der Waals surface area contributed by atoms with Crippen LogP contribution in [0.25, 0.3) is 0 Å². The topological polar surface area (TPSA) is 97.1 Å². The van der Waals surface area contributed by atoms with Gasteiger partial charge in [0.25, 0.3) is 5.22 Å². The number of carbonyl (C=O) groups is 2. The summed E-state index contributed by atoms with van der Waals surface area (Å²) in [5, 5.41) is 13.3. The highest BCUT2D eigenvalue weighted by molar-refractivity contribution is 7.99. The number of aromatic nitrogens is 2. The van der Waals surface area contributed by atoms with Crippen LogP contribution in [-0.2, 0) is 4.79 Å². The van der Waals surface area contributed by atoms with Crippen LogP contribution in [0.2, 0.25) is 0 Å². The molecule has 7 nitrogen and oxygen atoms in total. The van der Waals surface area contributed by atoms with Crippen LogP contribution in [-0.4, -0.2) is 33.9 Å². The third kappa shape index (κ3) is 4.20. The molecule has 0 spiro atoms. The van der Waals surface area contributed by atoms with E-state index in [1.807, 2.05) is 0 Å². The van der Waals surface area contributed by atoms with Crippen LogP contribution in [0.3, 0.4) is 0 Å². The summed E-state index contributed by atoms with van der Waals surface area (Å²) in [5.74, 6) is 0.779. The first kappa shape index (κ1) is 14.4. The summed E-state index contributed by atoms with van der Waals surface area (Å²) in [4.78, 5) is 23.3. The van der Waals surface area contributed by atoms with Crippen molar-refractivity contribution >= 4 is 23.7 Å². The molecule has 1 heterocycles. The number of nitrogens with one attached hydrogen (secondary N) is 2. The van der Waals surface area contributed by atoms with Gasteiger partial charge in [-0.1, -0.05) is 24.6 Å². The molecule has 2 N–H and O–H groups in total. The second-order valence-electron chi connectivity index (χ2n) is 5.47. The van der Waals surface area contributed by atoms with Gasteiger partial charge in [0, 0.05) is 12.0 Å². The van der Waals surface area contributed by atoms with Crippen molar-refractivity contribution in [1.82, 2.24) is 20.8 Å². The van der Waals surface area contributed by atoms with E-state index in [1.54, 1.807) is 0 Å². The lowest BCUT2D eigenvalue weighted by Gasteiger charge is -2.11. The molecule has 0 aromatic carbocycles. The van der Waals surface area contributed by atoms with Crippen molar-refractivity contribution in [3.63, 3.8) is 0 Å². The predicted molar refractivity (Wildman–Crippen MR) is 75.9 cm³/mol. The first-order valence-corrected chi connectivity index (χ1v) is 8.26. The van der Waals surface area contributed by atoms with E-state index >= 15 is 0 Å². The maximum atomic E-state index is 11.7. The molecule has 0 unspecified atom stereocenters. The molecule has 114 valence electrons. The number of thioether (sulfide) groups is 1. The molecule has 0 atom stereocenters. The highest BCUT2D eigenvalue weighted by Gasteiger charge is 2.29. The van der Waals surface area contributed by atoms with Gasteiger partial charge in [0.1, 0.15) is 0 Å². The largest absolute Gasteiger partial charge is 0.416 e. The summed E-state index contributed by atoms with van der Waals surface area (Å²) in [6.07, 6.45) is 6.43. The smallest absolute Gasteiger partial charge is 0.321 e. The van der Waals surface area contributed by atoms with E-state index in [-0.39, 0.29) is 17.7 Å². The molecule has 0 bridgehead atoms. The standard InChI is InChI=1S/C13H18N4O3S/c18-10(15-12(19)14-9-3-1-2-4-9)7-21-13-17-16-11(20-13)8-5-6-8/h8-9H,1-7H2,(H2,14,15,18,19). The fourth-order valence-electron chi connectivity index (χ4n) is 2.36. The summed E-state index contributed by atoms with van der Waals surface area (Å²) in [6.45, 7) is 0. The Kier molecular flexibility index (Phi) is 4.42. The number of hydrogen-bond acceptors (Lipinski definition) is 6. The average molecular weight is 310 g/mol. The Bertz CT molecular complexity index is 523. The van der Waals surface area contributed by atoms with E-state index in [1.165, 1.54) is 0 Å². The van der Waals surface area contributed by atoms with E-state index in [4.69, 9.17) is 4.42 Å². The minimum atomic E-state index is -0.420. The highest BCUT2D eigenvalue weighted by atomic mass is 32.2. The van der Waals surface area contributed by atoms with Crippen molar-refractivity contribution in [2.45, 2.75) is 55.7 Å². The molecular weight excluding hydrogens is 292 g/mol. The van der Waals surface area contributed by atoms with Crippen LogP contribution in [0.4, 0.5) is 4.79 Å². The third-order valence-electron chi connectivity index (χ3n) is 3.62. The maximum absolute atomic E-state index is 11.7. The molecular formula is C13H18N4O3S. The molecule has 0 saturated heterocycles. The van der Waals surface area contributed by atoms with Crippen LogP contribution < -0.4 is 10.6 Å². The Morgan fingerprint density at radius 3 is 2.67 bits per heavy atom. The van der Waals surface area contributed by atoms with Crippen LogP contribution in [0.5, 0.6) is 0 Å². The van der Waals surface area contributed by atoms with Gasteiger partial charge in [-0.3, -0.25) is 10.1 Å². The summed E-state index contributed by atoms with van der Waals surface area (Å²) in [5.41, 5.74) is 0. The zero-order valence-corrected chi connectivity index (χ0v) is 12.4. The number of carbonyl (C=O) groups excluding carboxylic acids is 2. The summed E-state index contributed by atoms with van der Waals surface area (Å²) in [7, 11) is 0. The van der Waals surface area contributed by atoms with Gasteiger partial charge in [-0.15, -0.1) is 10.2 Å². The van der Waals surface area contributed by atoms with E-state index in [0.29, 0.717) is 17.0 Å². The Morgan fingerprint density at radius 1 is 1.19 bits per heavy atom. The predicted octanol–water partition coefficient (Wildman–Crippen LogP) is 1.81. The van der Waals surface area contributed by atoms with Crippen LogP contribution in [0.15, 0.2) is 9.64 Å². The Labute approximate surface area is 126 Å². The minimum absolute atomic E-state index is 0.0877. The molecule has 2 fully saturated rings. The fourth-order valence-corrected chi connectivity index (χ4v) is 2.93. The SMILES string of the molecule is O=C(CSc1nnc(C2CC2)o1)NC(=O)NC1CCCC1. The van der Waals surface area contributed by atoms with Gasteiger partial charge in [-0.2, -0.15) is 0 Å². The lowest BCUT2D eigenvalue weighted by Crippen LogP contribution is -2.44. The van der Waals surface area contributed by atoms with Gasteiger partial charge in [0.15, 0.2) is 0 Å². The molecule has 21 heavy (non-hydrogen) atoms. The van der Waals surface area contributed by atoms with E-state index < -0.39 is 6.03 Å². The molecule has 3 amide bonds. The first-order chi connectivity index (χ1) is 10.2. The van der Waals surface area contributed by atoms with Gasteiger partial charge < -0.3 is 9.73 Å². The molecule has 2 aliphatic rings. The highest BCUT2D eigenvalue weighted by Crippen LogP contribution is 2.39. The molecule has 1 aromatic rings. The molecule has 2 aliphatic carbocycles. The van der Waals surface area contributed by atoms with Crippen molar-refractivity contribution in [1.29, 1.82) is 0 Å². The second-order valence-corrected chi connectivity index (χ2v) is 6.40. The number of imide groups is 1. The van der Waals surface area contributed by atoms with Crippen molar-refractivity contribution in [3.8, 4) is 0 Å². The van der Waals surface area contributed by atoms with Crippen molar-refractivity contribution in [2.24, 2.45) is 0 Å². The van der Waals surface area contributed by atoms with E-state index in [2.05, 4.69) is 20.8 Å². The third-order valence-corrected chi connectivity index (χ3v) is 4.44. The number of hydrogen-bond donors (Lipinski definition) is 2. The molecule has 3 rings (SSSR count). The van der Waals surface area contributed by atoms with Gasteiger partial charge in [0.2, 0.25) is 11.8 Å². The summed E-state index contributed by atoms with van der Waals surface area (Å²) < 4.78 is 5.43. The number of rotatable bonds is 5. The minimum Gasteiger partial charge on any atom is -0.416 e. The maximum Gasteiger partial charge on any atom is 0.321 e. The number of nitrogens with zero attached hydrogens (tertiary/aromatic N) is 2. The van der Waals surface area contributed by atoms with Crippen LogP contribution in [0, 0.1) is 0 Å². The van der Waals surface area contributed by atoms with Crippen molar-refractivity contribution < 1.29 is 14.0 Å².